The number of aromatic nitrogens is 2. The van der Waals surface area contributed by atoms with Crippen LogP contribution in [0.2, 0.25) is 0 Å². The molecule has 1 aromatic heterocycles. The number of thioether (sulfide) groups is 1. The number of aryl methyl sites for hydroxylation is 2. The molecule has 0 fully saturated rings. The molecule has 26 heavy (non-hydrogen) atoms. The maximum atomic E-state index is 12.4. The van der Waals surface area contributed by atoms with Crippen LogP contribution >= 0.6 is 11.8 Å². The number of anilines is 1. The lowest BCUT2D eigenvalue weighted by Gasteiger charge is -2.13. The van der Waals surface area contributed by atoms with E-state index < -0.39 is 10.2 Å². The summed E-state index contributed by atoms with van der Waals surface area (Å²) in [5.41, 5.74) is 2.62. The third kappa shape index (κ3) is 4.48. The molecule has 0 spiro atoms. The predicted molar refractivity (Wildman–Crippen MR) is 99.8 cm³/mol. The first-order valence-electron chi connectivity index (χ1n) is 7.84. The number of nitro groups is 1. The topological polar surface area (TPSA) is 107 Å². The predicted octanol–water partition coefficient (Wildman–Crippen LogP) is 3.44. The van der Waals surface area contributed by atoms with Gasteiger partial charge in [-0.2, -0.15) is 0 Å². The van der Waals surface area contributed by atoms with Crippen molar-refractivity contribution in [2.45, 2.75) is 38.1 Å². The van der Waals surface area contributed by atoms with E-state index in [4.69, 9.17) is 4.74 Å². The molecule has 0 aliphatic carbocycles. The number of nitrogens with zero attached hydrogens (tertiary/aromatic N) is 3. The minimum Gasteiger partial charge on any atom is -0.496 e. The Morgan fingerprint density at radius 2 is 1.88 bits per heavy atom. The minimum absolute atomic E-state index is 0.116. The third-order valence-electron chi connectivity index (χ3n) is 3.92. The molecule has 0 bridgehead atoms. The summed E-state index contributed by atoms with van der Waals surface area (Å²) in [5.74, 6) is -0.0288. The van der Waals surface area contributed by atoms with Crippen molar-refractivity contribution in [3.8, 4) is 5.75 Å². The highest BCUT2D eigenvalue weighted by Crippen LogP contribution is 2.30. The average molecular weight is 376 g/mol. The highest BCUT2D eigenvalue weighted by atomic mass is 32.2. The Morgan fingerprint density at radius 1 is 1.27 bits per heavy atom. The first-order chi connectivity index (χ1) is 12.2. The van der Waals surface area contributed by atoms with Crippen molar-refractivity contribution >= 4 is 29.0 Å². The van der Waals surface area contributed by atoms with Gasteiger partial charge in [0.15, 0.2) is 5.16 Å². The number of benzene rings is 1. The Labute approximate surface area is 155 Å². The summed E-state index contributed by atoms with van der Waals surface area (Å²) in [4.78, 5) is 31.8. The number of hydrogen-bond donors (Lipinski definition) is 1. The number of amides is 1. The lowest BCUT2D eigenvalue weighted by atomic mass is 10.2. The average Bonchev–Trinajstić information content (AvgIpc) is 2.59. The smallest absolute Gasteiger partial charge is 0.296 e. The summed E-state index contributed by atoms with van der Waals surface area (Å²) in [6.07, 6.45) is 0. The summed E-state index contributed by atoms with van der Waals surface area (Å²) in [5, 5.41) is 13.8. The quantitative estimate of drug-likeness (QED) is 0.356. The van der Waals surface area contributed by atoms with Crippen molar-refractivity contribution in [1.82, 2.24) is 9.97 Å². The van der Waals surface area contributed by atoms with Crippen LogP contribution in [0.25, 0.3) is 0 Å². The van der Waals surface area contributed by atoms with Crippen LogP contribution < -0.4 is 10.1 Å². The zero-order valence-electron chi connectivity index (χ0n) is 15.2. The molecular weight excluding hydrogens is 356 g/mol. The maximum absolute atomic E-state index is 12.4. The van der Waals surface area contributed by atoms with Crippen LogP contribution in [0, 0.1) is 30.9 Å². The highest BCUT2D eigenvalue weighted by Gasteiger charge is 2.22. The molecule has 1 aromatic carbocycles. The Hall–Kier alpha value is -2.68. The molecule has 9 heteroatoms. The molecule has 1 N–H and O–H groups in total. The molecule has 1 amide bonds. The maximum Gasteiger partial charge on any atom is 0.296 e. The van der Waals surface area contributed by atoms with Crippen LogP contribution in [-0.2, 0) is 4.79 Å². The van der Waals surface area contributed by atoms with E-state index in [1.54, 1.807) is 13.0 Å². The number of carbonyl (C=O) groups is 1. The second-order valence-corrected chi connectivity index (χ2v) is 7.00. The monoisotopic (exact) mass is 376 g/mol. The van der Waals surface area contributed by atoms with E-state index in [-0.39, 0.29) is 17.3 Å². The summed E-state index contributed by atoms with van der Waals surface area (Å²) >= 11 is 1.20. The van der Waals surface area contributed by atoms with Gasteiger partial charge < -0.3 is 10.1 Å². The zero-order chi connectivity index (χ0) is 19.4. The van der Waals surface area contributed by atoms with Gasteiger partial charge in [-0.3, -0.25) is 14.9 Å². The van der Waals surface area contributed by atoms with Crippen molar-refractivity contribution in [1.29, 1.82) is 0 Å². The first kappa shape index (κ1) is 19.6. The van der Waals surface area contributed by atoms with Crippen molar-refractivity contribution in [2.24, 2.45) is 0 Å². The van der Waals surface area contributed by atoms with E-state index in [1.165, 1.54) is 31.0 Å². The van der Waals surface area contributed by atoms with Gasteiger partial charge in [0.2, 0.25) is 5.91 Å². The Kier molecular flexibility index (Phi) is 6.14. The Bertz CT molecular complexity index is 834. The minimum atomic E-state index is -0.564. The van der Waals surface area contributed by atoms with Gasteiger partial charge in [-0.1, -0.05) is 11.8 Å². The van der Waals surface area contributed by atoms with Gasteiger partial charge >= 0.3 is 0 Å². The number of methoxy groups -OCH3 is 1. The van der Waals surface area contributed by atoms with Crippen LogP contribution in [0.1, 0.15) is 23.9 Å². The molecule has 2 rings (SSSR count). The first-order valence-corrected chi connectivity index (χ1v) is 8.72. The van der Waals surface area contributed by atoms with E-state index >= 15 is 0 Å². The van der Waals surface area contributed by atoms with Crippen molar-refractivity contribution < 1.29 is 14.5 Å². The Balaban J connectivity index is 2.16. The van der Waals surface area contributed by atoms with Crippen LogP contribution in [0.3, 0.4) is 0 Å². The normalized spacial score (nSPS) is 11.7. The second-order valence-electron chi connectivity index (χ2n) is 5.69. The lowest BCUT2D eigenvalue weighted by molar-refractivity contribution is -0.384. The highest BCUT2D eigenvalue weighted by molar-refractivity contribution is 8.00. The van der Waals surface area contributed by atoms with Crippen molar-refractivity contribution in [2.75, 3.05) is 12.4 Å². The third-order valence-corrected chi connectivity index (χ3v) is 4.88. The number of hydrogen-bond acceptors (Lipinski definition) is 7. The second kappa shape index (κ2) is 8.13. The number of nitrogens with one attached hydrogen (secondary N) is 1. The SMILES string of the molecule is COc1ccc(NC(=O)[C@H](C)Sc2nc(C)c(C)c(C)n2)c([N+](=O)[O-])c1. The van der Waals surface area contributed by atoms with Crippen LogP contribution in [0.4, 0.5) is 11.4 Å². The fraction of sp³-hybridized carbons (Fsp3) is 0.353. The fourth-order valence-corrected chi connectivity index (χ4v) is 3.00. The standard InChI is InChI=1S/C17H20N4O4S/c1-9-10(2)18-17(19-11(9)3)26-12(4)16(22)20-14-7-6-13(25-5)8-15(14)21(23)24/h6-8,12H,1-5H3,(H,20,22)/t12-/m0/s1. The molecular formula is C17H20N4O4S. The summed E-state index contributed by atoms with van der Waals surface area (Å²) < 4.78 is 4.99. The molecule has 2 aromatic rings. The van der Waals surface area contributed by atoms with Crippen LogP contribution in [0.5, 0.6) is 5.75 Å². The lowest BCUT2D eigenvalue weighted by Crippen LogP contribution is -2.23. The summed E-state index contributed by atoms with van der Waals surface area (Å²) in [7, 11) is 1.42. The molecule has 0 saturated heterocycles. The van der Waals surface area contributed by atoms with Gasteiger partial charge in [-0.05, 0) is 45.4 Å². The molecule has 0 aliphatic heterocycles. The van der Waals surface area contributed by atoms with E-state index in [1.807, 2.05) is 20.8 Å². The van der Waals surface area contributed by atoms with Gasteiger partial charge in [-0.25, -0.2) is 9.97 Å². The van der Waals surface area contributed by atoms with Crippen molar-refractivity contribution in [3.63, 3.8) is 0 Å². The van der Waals surface area contributed by atoms with Gasteiger partial charge in [0, 0.05) is 11.4 Å². The zero-order valence-corrected chi connectivity index (χ0v) is 16.0. The molecule has 1 atom stereocenters. The molecule has 8 nitrogen and oxygen atoms in total. The van der Waals surface area contributed by atoms with Crippen LogP contribution in [0.15, 0.2) is 23.4 Å². The van der Waals surface area contributed by atoms with Gasteiger partial charge in [-0.15, -0.1) is 0 Å². The van der Waals surface area contributed by atoms with E-state index in [0.717, 1.165) is 17.0 Å². The van der Waals surface area contributed by atoms with Gasteiger partial charge in [0.25, 0.3) is 5.69 Å². The summed E-state index contributed by atoms with van der Waals surface area (Å²) in [6.45, 7) is 7.42. The van der Waals surface area contributed by atoms with E-state index in [2.05, 4.69) is 15.3 Å². The number of nitro benzene ring substituents is 1. The van der Waals surface area contributed by atoms with Gasteiger partial charge in [0.05, 0.1) is 23.3 Å². The molecule has 0 radical (unpaired) electrons. The van der Waals surface area contributed by atoms with Gasteiger partial charge in [0.1, 0.15) is 11.4 Å². The molecule has 1 heterocycles. The van der Waals surface area contributed by atoms with E-state index in [0.29, 0.717) is 10.9 Å². The number of carbonyl (C=O) groups excluding carboxylic acids is 1. The largest absolute Gasteiger partial charge is 0.496 e. The Morgan fingerprint density at radius 3 is 2.42 bits per heavy atom. The number of ether oxygens (including phenoxy) is 1. The fourth-order valence-electron chi connectivity index (χ4n) is 2.14. The molecule has 138 valence electrons. The summed E-state index contributed by atoms with van der Waals surface area (Å²) in [6, 6.07) is 4.27. The molecule has 0 unspecified atom stereocenters. The van der Waals surface area contributed by atoms with Crippen molar-refractivity contribution in [3.05, 3.63) is 45.3 Å². The van der Waals surface area contributed by atoms with Crippen LogP contribution in [-0.4, -0.2) is 33.2 Å². The molecule has 0 aliphatic rings. The number of rotatable bonds is 6. The van der Waals surface area contributed by atoms with E-state index in [9.17, 15) is 14.9 Å². The molecule has 0 saturated carbocycles.